The van der Waals surface area contributed by atoms with E-state index in [1.165, 1.54) is 25.0 Å². The SMILES string of the molecule is COC=C1CCCN(C)C1. The first kappa shape index (κ1) is 7.61. The minimum atomic E-state index is 1.08. The first-order valence-corrected chi connectivity index (χ1v) is 3.72. The lowest BCUT2D eigenvalue weighted by Crippen LogP contribution is -2.26. The van der Waals surface area contributed by atoms with E-state index < -0.39 is 0 Å². The number of hydrogen-bond donors (Lipinski definition) is 0. The van der Waals surface area contributed by atoms with Crippen molar-refractivity contribution in [2.75, 3.05) is 27.2 Å². The molecule has 1 aliphatic rings. The topological polar surface area (TPSA) is 12.5 Å². The van der Waals surface area contributed by atoms with E-state index in [4.69, 9.17) is 4.74 Å². The van der Waals surface area contributed by atoms with E-state index in [9.17, 15) is 0 Å². The number of rotatable bonds is 1. The molecule has 0 aromatic heterocycles. The third kappa shape index (κ3) is 2.03. The highest BCUT2D eigenvalue weighted by atomic mass is 16.5. The van der Waals surface area contributed by atoms with Crippen molar-refractivity contribution in [1.29, 1.82) is 0 Å². The first-order valence-electron chi connectivity index (χ1n) is 3.72. The van der Waals surface area contributed by atoms with Gasteiger partial charge in [0.1, 0.15) is 0 Å². The average Bonchev–Trinajstić information content (AvgIpc) is 1.88. The Morgan fingerprint density at radius 2 is 2.40 bits per heavy atom. The largest absolute Gasteiger partial charge is 0.504 e. The van der Waals surface area contributed by atoms with Crippen molar-refractivity contribution in [2.24, 2.45) is 0 Å². The van der Waals surface area contributed by atoms with Gasteiger partial charge in [-0.25, -0.2) is 0 Å². The minimum absolute atomic E-state index is 1.08. The Labute approximate surface area is 62.5 Å². The molecular formula is C8H15NO. The average molecular weight is 141 g/mol. The van der Waals surface area contributed by atoms with Gasteiger partial charge in [-0.05, 0) is 32.0 Å². The number of methoxy groups -OCH3 is 1. The summed E-state index contributed by atoms with van der Waals surface area (Å²) < 4.78 is 4.94. The number of piperidine rings is 1. The fourth-order valence-corrected chi connectivity index (χ4v) is 1.34. The van der Waals surface area contributed by atoms with Crippen molar-refractivity contribution in [1.82, 2.24) is 4.90 Å². The summed E-state index contributed by atoms with van der Waals surface area (Å²) in [5.74, 6) is 0. The molecule has 0 aromatic rings. The van der Waals surface area contributed by atoms with Crippen molar-refractivity contribution in [2.45, 2.75) is 12.8 Å². The number of nitrogens with zero attached hydrogens (tertiary/aromatic N) is 1. The molecule has 0 radical (unpaired) electrons. The maximum Gasteiger partial charge on any atom is 0.0829 e. The normalized spacial score (nSPS) is 25.2. The van der Waals surface area contributed by atoms with Crippen LogP contribution in [0.5, 0.6) is 0 Å². The lowest BCUT2D eigenvalue weighted by molar-refractivity contribution is 0.293. The van der Waals surface area contributed by atoms with Crippen LogP contribution in [0.4, 0.5) is 0 Å². The van der Waals surface area contributed by atoms with Crippen molar-refractivity contribution >= 4 is 0 Å². The van der Waals surface area contributed by atoms with Crippen molar-refractivity contribution in [3.8, 4) is 0 Å². The molecule has 1 saturated heterocycles. The summed E-state index contributed by atoms with van der Waals surface area (Å²) in [7, 11) is 3.85. The Balaban J connectivity index is 2.39. The van der Waals surface area contributed by atoms with E-state index in [2.05, 4.69) is 11.9 Å². The molecule has 2 heteroatoms. The van der Waals surface area contributed by atoms with Gasteiger partial charge in [0.15, 0.2) is 0 Å². The molecule has 2 nitrogen and oxygen atoms in total. The Morgan fingerprint density at radius 3 is 3.00 bits per heavy atom. The van der Waals surface area contributed by atoms with Crippen LogP contribution in [0.1, 0.15) is 12.8 Å². The zero-order valence-electron chi connectivity index (χ0n) is 6.76. The molecule has 0 N–H and O–H groups in total. The highest BCUT2D eigenvalue weighted by Gasteiger charge is 2.09. The molecule has 0 amide bonds. The Morgan fingerprint density at radius 1 is 1.60 bits per heavy atom. The molecule has 1 rings (SSSR count). The Bertz CT molecular complexity index is 131. The van der Waals surface area contributed by atoms with Gasteiger partial charge < -0.3 is 9.64 Å². The molecule has 1 fully saturated rings. The molecule has 0 aliphatic carbocycles. The summed E-state index contributed by atoms with van der Waals surface area (Å²) in [5.41, 5.74) is 1.41. The predicted molar refractivity (Wildman–Crippen MR) is 41.8 cm³/mol. The van der Waals surface area contributed by atoms with Crippen LogP contribution in [0.3, 0.4) is 0 Å². The second kappa shape index (κ2) is 3.62. The molecule has 1 aliphatic heterocycles. The van der Waals surface area contributed by atoms with Crippen LogP contribution in [0.2, 0.25) is 0 Å². The highest BCUT2D eigenvalue weighted by Crippen LogP contribution is 2.12. The van der Waals surface area contributed by atoms with Crippen LogP contribution in [0.15, 0.2) is 11.8 Å². The lowest BCUT2D eigenvalue weighted by Gasteiger charge is -2.23. The highest BCUT2D eigenvalue weighted by molar-refractivity contribution is 5.03. The van der Waals surface area contributed by atoms with Crippen LogP contribution < -0.4 is 0 Å². The van der Waals surface area contributed by atoms with Crippen LogP contribution in [0.25, 0.3) is 0 Å². The van der Waals surface area contributed by atoms with Gasteiger partial charge in [-0.2, -0.15) is 0 Å². The second-order valence-electron chi connectivity index (χ2n) is 2.85. The molecule has 0 aromatic carbocycles. The fraction of sp³-hybridized carbons (Fsp3) is 0.750. The summed E-state index contributed by atoms with van der Waals surface area (Å²) in [5, 5.41) is 0. The van der Waals surface area contributed by atoms with Crippen LogP contribution in [0, 0.1) is 0 Å². The van der Waals surface area contributed by atoms with Gasteiger partial charge in [-0.15, -0.1) is 0 Å². The van der Waals surface area contributed by atoms with Gasteiger partial charge in [0.05, 0.1) is 13.4 Å². The lowest BCUT2D eigenvalue weighted by atomic mass is 10.1. The van der Waals surface area contributed by atoms with Gasteiger partial charge >= 0.3 is 0 Å². The van der Waals surface area contributed by atoms with Crippen molar-refractivity contribution in [3.05, 3.63) is 11.8 Å². The van der Waals surface area contributed by atoms with Gasteiger partial charge in [0.25, 0.3) is 0 Å². The zero-order chi connectivity index (χ0) is 7.40. The molecule has 10 heavy (non-hydrogen) atoms. The quantitative estimate of drug-likeness (QED) is 0.509. The monoisotopic (exact) mass is 141 g/mol. The van der Waals surface area contributed by atoms with Crippen molar-refractivity contribution < 1.29 is 4.74 Å². The molecule has 0 bridgehead atoms. The van der Waals surface area contributed by atoms with E-state index >= 15 is 0 Å². The molecular weight excluding hydrogens is 126 g/mol. The van der Waals surface area contributed by atoms with Crippen LogP contribution in [-0.2, 0) is 4.74 Å². The standard InChI is InChI=1S/C8H15NO/c1-9-5-3-4-8(6-9)7-10-2/h7H,3-6H2,1-2H3. The van der Waals surface area contributed by atoms with Gasteiger partial charge in [0, 0.05) is 6.54 Å². The maximum atomic E-state index is 4.94. The number of likely N-dealkylation sites (tertiary alicyclic amines) is 1. The first-order chi connectivity index (χ1) is 4.83. The summed E-state index contributed by atoms with van der Waals surface area (Å²) >= 11 is 0. The maximum absolute atomic E-state index is 4.94. The fourth-order valence-electron chi connectivity index (χ4n) is 1.34. The molecule has 0 spiro atoms. The summed E-state index contributed by atoms with van der Waals surface area (Å²) in [4.78, 5) is 2.31. The third-order valence-electron chi connectivity index (χ3n) is 1.80. The van der Waals surface area contributed by atoms with E-state index in [0.717, 1.165) is 6.54 Å². The summed E-state index contributed by atoms with van der Waals surface area (Å²) in [6, 6.07) is 0. The second-order valence-corrected chi connectivity index (χ2v) is 2.85. The van der Waals surface area contributed by atoms with Crippen LogP contribution >= 0.6 is 0 Å². The number of likely N-dealkylation sites (N-methyl/N-ethyl adjacent to an activating group) is 1. The minimum Gasteiger partial charge on any atom is -0.504 e. The molecule has 58 valence electrons. The van der Waals surface area contributed by atoms with E-state index in [1.807, 2.05) is 6.26 Å². The number of ether oxygens (including phenoxy) is 1. The van der Waals surface area contributed by atoms with Crippen LogP contribution in [-0.4, -0.2) is 32.1 Å². The molecule has 0 atom stereocenters. The van der Waals surface area contributed by atoms with Gasteiger partial charge in [-0.3, -0.25) is 0 Å². The smallest absolute Gasteiger partial charge is 0.0829 e. The number of hydrogen-bond acceptors (Lipinski definition) is 2. The van der Waals surface area contributed by atoms with Gasteiger partial charge in [-0.1, -0.05) is 0 Å². The summed E-state index contributed by atoms with van der Waals surface area (Å²) in [6.07, 6.45) is 4.35. The third-order valence-corrected chi connectivity index (χ3v) is 1.80. The van der Waals surface area contributed by atoms with E-state index in [1.54, 1.807) is 7.11 Å². The molecule has 0 saturated carbocycles. The van der Waals surface area contributed by atoms with E-state index in [-0.39, 0.29) is 0 Å². The summed E-state index contributed by atoms with van der Waals surface area (Å²) in [6.45, 7) is 2.30. The molecule has 0 unspecified atom stereocenters. The Hall–Kier alpha value is -0.500. The molecule has 1 heterocycles. The van der Waals surface area contributed by atoms with Gasteiger partial charge in [0.2, 0.25) is 0 Å². The Kier molecular flexibility index (Phi) is 2.75. The van der Waals surface area contributed by atoms with Crippen molar-refractivity contribution in [3.63, 3.8) is 0 Å². The zero-order valence-corrected chi connectivity index (χ0v) is 6.76. The predicted octanol–water partition coefficient (Wildman–Crippen LogP) is 1.24. The van der Waals surface area contributed by atoms with E-state index in [0.29, 0.717) is 0 Å².